The average Bonchev–Trinajstić information content (AvgIpc) is 2.16. The molecule has 0 saturated carbocycles. The average molecular weight is 189 g/mol. The Morgan fingerprint density at radius 1 is 1.00 bits per heavy atom. The summed E-state index contributed by atoms with van der Waals surface area (Å²) in [4.78, 5) is 2.26. The van der Waals surface area contributed by atoms with Crippen LogP contribution in [0.5, 0.6) is 0 Å². The van der Waals surface area contributed by atoms with Gasteiger partial charge in [0.15, 0.2) is 0 Å². The van der Waals surface area contributed by atoms with Crippen LogP contribution in [-0.4, -0.2) is 47.5 Å². The van der Waals surface area contributed by atoms with Gasteiger partial charge in [-0.1, -0.05) is 13.8 Å². The van der Waals surface area contributed by atoms with E-state index in [4.69, 9.17) is 10.2 Å². The van der Waals surface area contributed by atoms with E-state index in [0.29, 0.717) is 6.04 Å². The fourth-order valence-electron chi connectivity index (χ4n) is 1.68. The summed E-state index contributed by atoms with van der Waals surface area (Å²) in [5.41, 5.74) is 0. The molecule has 0 aliphatic carbocycles. The standard InChI is InChI=1S/C10H23NO2/c1-3-10(4-2)11(7-9-13)6-5-8-12/h10,12-13H,3-9H2,1-2H3. The molecule has 0 aromatic carbocycles. The Kier molecular flexibility index (Phi) is 8.40. The summed E-state index contributed by atoms with van der Waals surface area (Å²) in [6, 6.07) is 0.554. The lowest BCUT2D eigenvalue weighted by Gasteiger charge is -2.29. The Morgan fingerprint density at radius 2 is 1.62 bits per heavy atom. The highest BCUT2D eigenvalue weighted by atomic mass is 16.3. The Balaban J connectivity index is 3.88. The van der Waals surface area contributed by atoms with Crippen LogP contribution in [-0.2, 0) is 0 Å². The second-order valence-electron chi connectivity index (χ2n) is 3.31. The highest BCUT2D eigenvalue weighted by Crippen LogP contribution is 2.08. The van der Waals surface area contributed by atoms with E-state index in [0.717, 1.165) is 32.4 Å². The molecule has 0 aliphatic rings. The van der Waals surface area contributed by atoms with Gasteiger partial charge >= 0.3 is 0 Å². The molecule has 3 nitrogen and oxygen atoms in total. The quantitative estimate of drug-likeness (QED) is 0.595. The first-order valence-corrected chi connectivity index (χ1v) is 5.25. The Morgan fingerprint density at radius 3 is 2.00 bits per heavy atom. The van der Waals surface area contributed by atoms with Gasteiger partial charge in [-0.15, -0.1) is 0 Å². The van der Waals surface area contributed by atoms with Gasteiger partial charge in [0, 0.05) is 25.7 Å². The maximum Gasteiger partial charge on any atom is 0.0558 e. The lowest BCUT2D eigenvalue weighted by molar-refractivity contribution is 0.132. The molecular weight excluding hydrogens is 166 g/mol. The molecule has 0 heterocycles. The maximum absolute atomic E-state index is 8.87. The molecule has 0 fully saturated rings. The van der Waals surface area contributed by atoms with Crippen LogP contribution in [0.2, 0.25) is 0 Å². The van der Waals surface area contributed by atoms with E-state index in [9.17, 15) is 0 Å². The number of aliphatic hydroxyl groups is 2. The van der Waals surface area contributed by atoms with Crippen LogP contribution in [0.4, 0.5) is 0 Å². The minimum atomic E-state index is 0.210. The zero-order valence-electron chi connectivity index (χ0n) is 8.87. The van der Waals surface area contributed by atoms with Crippen molar-refractivity contribution in [1.29, 1.82) is 0 Å². The first-order valence-electron chi connectivity index (χ1n) is 5.25. The molecule has 0 bridgehead atoms. The fraction of sp³-hybridized carbons (Fsp3) is 1.00. The molecule has 0 aromatic rings. The second kappa shape index (κ2) is 8.48. The van der Waals surface area contributed by atoms with Crippen molar-refractivity contribution in [3.05, 3.63) is 0 Å². The normalized spacial score (nSPS) is 11.5. The monoisotopic (exact) mass is 189 g/mol. The van der Waals surface area contributed by atoms with Crippen molar-refractivity contribution in [1.82, 2.24) is 4.90 Å². The predicted molar refractivity (Wildman–Crippen MR) is 54.7 cm³/mol. The topological polar surface area (TPSA) is 43.7 Å². The number of hydrogen-bond acceptors (Lipinski definition) is 3. The summed E-state index contributed by atoms with van der Waals surface area (Å²) < 4.78 is 0. The van der Waals surface area contributed by atoms with Gasteiger partial charge < -0.3 is 10.2 Å². The minimum absolute atomic E-state index is 0.210. The molecule has 13 heavy (non-hydrogen) atoms. The van der Waals surface area contributed by atoms with Gasteiger partial charge in [0.25, 0.3) is 0 Å². The molecule has 0 spiro atoms. The van der Waals surface area contributed by atoms with Gasteiger partial charge in [-0.3, -0.25) is 4.90 Å². The van der Waals surface area contributed by atoms with Crippen molar-refractivity contribution in [2.45, 2.75) is 39.2 Å². The van der Waals surface area contributed by atoms with E-state index in [1.54, 1.807) is 0 Å². The summed E-state index contributed by atoms with van der Waals surface area (Å²) in [6.45, 7) is 6.40. The van der Waals surface area contributed by atoms with Crippen LogP contribution in [0, 0.1) is 0 Å². The van der Waals surface area contributed by atoms with Crippen molar-refractivity contribution in [2.24, 2.45) is 0 Å². The third-order valence-electron chi connectivity index (χ3n) is 2.45. The van der Waals surface area contributed by atoms with Crippen LogP contribution in [0.1, 0.15) is 33.1 Å². The zero-order valence-corrected chi connectivity index (χ0v) is 8.87. The summed E-state index contributed by atoms with van der Waals surface area (Å²) in [5, 5.41) is 17.6. The van der Waals surface area contributed by atoms with Crippen molar-refractivity contribution < 1.29 is 10.2 Å². The molecule has 0 aliphatic heterocycles. The molecule has 0 amide bonds. The molecule has 0 aromatic heterocycles. The Labute approximate surface area is 81.4 Å². The SMILES string of the molecule is CCC(CC)N(CCO)CCCO. The molecule has 3 heteroatoms. The van der Waals surface area contributed by atoms with Crippen molar-refractivity contribution in [2.75, 3.05) is 26.3 Å². The highest BCUT2D eigenvalue weighted by molar-refractivity contribution is 4.68. The summed E-state index contributed by atoms with van der Waals surface area (Å²) in [7, 11) is 0. The van der Waals surface area contributed by atoms with E-state index in [1.807, 2.05) is 0 Å². The maximum atomic E-state index is 8.87. The first-order chi connectivity index (χ1) is 6.29. The molecule has 2 N–H and O–H groups in total. The Bertz CT molecular complexity index is 105. The van der Waals surface area contributed by atoms with E-state index >= 15 is 0 Å². The minimum Gasteiger partial charge on any atom is -0.396 e. The van der Waals surface area contributed by atoms with E-state index in [-0.39, 0.29) is 13.2 Å². The van der Waals surface area contributed by atoms with Crippen molar-refractivity contribution in [3.63, 3.8) is 0 Å². The van der Waals surface area contributed by atoms with Crippen LogP contribution in [0.15, 0.2) is 0 Å². The lowest BCUT2D eigenvalue weighted by atomic mass is 10.1. The second-order valence-corrected chi connectivity index (χ2v) is 3.31. The van der Waals surface area contributed by atoms with Gasteiger partial charge in [-0.2, -0.15) is 0 Å². The first kappa shape index (κ1) is 12.9. The number of aliphatic hydroxyl groups excluding tert-OH is 2. The molecule has 0 atom stereocenters. The summed E-state index contributed by atoms with van der Waals surface area (Å²) in [6.07, 6.45) is 3.03. The van der Waals surface area contributed by atoms with Crippen molar-refractivity contribution >= 4 is 0 Å². The van der Waals surface area contributed by atoms with E-state index < -0.39 is 0 Å². The molecule has 0 radical (unpaired) electrons. The van der Waals surface area contributed by atoms with E-state index in [1.165, 1.54) is 0 Å². The largest absolute Gasteiger partial charge is 0.396 e. The molecule has 0 rings (SSSR count). The summed E-state index contributed by atoms with van der Waals surface area (Å²) in [5.74, 6) is 0. The highest BCUT2D eigenvalue weighted by Gasteiger charge is 2.13. The number of hydrogen-bond donors (Lipinski definition) is 2. The predicted octanol–water partition coefficient (Wildman–Crippen LogP) is 0.852. The fourth-order valence-corrected chi connectivity index (χ4v) is 1.68. The van der Waals surface area contributed by atoms with Gasteiger partial charge in [-0.25, -0.2) is 0 Å². The summed E-state index contributed by atoms with van der Waals surface area (Å²) >= 11 is 0. The smallest absolute Gasteiger partial charge is 0.0558 e. The zero-order chi connectivity index (χ0) is 10.1. The molecule has 80 valence electrons. The third-order valence-corrected chi connectivity index (χ3v) is 2.45. The van der Waals surface area contributed by atoms with Crippen LogP contribution < -0.4 is 0 Å². The van der Waals surface area contributed by atoms with Crippen molar-refractivity contribution in [3.8, 4) is 0 Å². The number of rotatable bonds is 8. The molecular formula is C10H23NO2. The van der Waals surface area contributed by atoms with Crippen LogP contribution >= 0.6 is 0 Å². The Hall–Kier alpha value is -0.120. The van der Waals surface area contributed by atoms with Gasteiger partial charge in [0.1, 0.15) is 0 Å². The third kappa shape index (κ3) is 5.24. The van der Waals surface area contributed by atoms with Gasteiger partial charge in [0.2, 0.25) is 0 Å². The molecule has 0 saturated heterocycles. The van der Waals surface area contributed by atoms with E-state index in [2.05, 4.69) is 18.7 Å². The van der Waals surface area contributed by atoms with Gasteiger partial charge in [0.05, 0.1) is 6.61 Å². The lowest BCUT2D eigenvalue weighted by Crippen LogP contribution is -2.37. The van der Waals surface area contributed by atoms with Gasteiger partial charge in [-0.05, 0) is 19.3 Å². The van der Waals surface area contributed by atoms with Crippen LogP contribution in [0.3, 0.4) is 0 Å². The van der Waals surface area contributed by atoms with Crippen LogP contribution in [0.25, 0.3) is 0 Å². The molecule has 0 unspecified atom stereocenters. The number of nitrogens with zero attached hydrogens (tertiary/aromatic N) is 1.